The van der Waals surface area contributed by atoms with Gasteiger partial charge in [-0.2, -0.15) is 0 Å². The minimum Gasteiger partial charge on any atom is -0.454 e. The van der Waals surface area contributed by atoms with E-state index in [1.807, 2.05) is 10.8 Å². The van der Waals surface area contributed by atoms with Crippen molar-refractivity contribution in [2.75, 3.05) is 19.6 Å². The highest BCUT2D eigenvalue weighted by molar-refractivity contribution is 5.93. The van der Waals surface area contributed by atoms with Crippen molar-refractivity contribution < 1.29 is 19.1 Å². The van der Waals surface area contributed by atoms with Gasteiger partial charge in [0.15, 0.2) is 5.76 Å². The quantitative estimate of drug-likeness (QED) is 0.838. The van der Waals surface area contributed by atoms with Crippen molar-refractivity contribution in [3.05, 3.63) is 42.4 Å². The van der Waals surface area contributed by atoms with Crippen molar-refractivity contribution in [3.63, 3.8) is 0 Å². The van der Waals surface area contributed by atoms with Crippen LogP contribution in [0.25, 0.3) is 0 Å². The fourth-order valence-electron chi connectivity index (χ4n) is 3.91. The molecule has 0 saturated carbocycles. The lowest BCUT2D eigenvalue weighted by molar-refractivity contribution is -0.147. The number of hydrogen-bond donors (Lipinski definition) is 2. The molecule has 2 fully saturated rings. The molecule has 1 spiro atoms. The monoisotopic (exact) mass is 358 g/mol. The van der Waals surface area contributed by atoms with Gasteiger partial charge < -0.3 is 24.3 Å². The summed E-state index contributed by atoms with van der Waals surface area (Å²) in [5.74, 6) is 0.511. The highest BCUT2D eigenvalue weighted by atomic mass is 16.4. The summed E-state index contributed by atoms with van der Waals surface area (Å²) in [6.45, 7) is 1.75. The molecule has 2 aromatic heterocycles. The number of nitrogens with one attached hydrogen (secondary N) is 1. The maximum atomic E-state index is 12.9. The van der Waals surface area contributed by atoms with E-state index in [2.05, 4.69) is 10.3 Å². The smallest absolute Gasteiger partial charge is 0.289 e. The van der Waals surface area contributed by atoms with E-state index in [-0.39, 0.29) is 24.1 Å². The second kappa shape index (κ2) is 6.60. The van der Waals surface area contributed by atoms with Crippen molar-refractivity contribution in [1.82, 2.24) is 19.8 Å². The third-order valence-electron chi connectivity index (χ3n) is 5.38. The number of aliphatic hydroxyl groups is 1. The Kier molecular flexibility index (Phi) is 4.28. The van der Waals surface area contributed by atoms with E-state index in [1.54, 1.807) is 29.6 Å². The molecular weight excluding hydrogens is 336 g/mol. The molecule has 2 N–H and O–H groups in total. The maximum absolute atomic E-state index is 12.9. The first-order valence-electron chi connectivity index (χ1n) is 8.88. The Morgan fingerprint density at radius 2 is 2.35 bits per heavy atom. The SMILES string of the molecule is O=C(c1ccc(Cn2ccnc2)o1)N1CC[C@@H](O)[C@@]2(CCCNC2=O)C1. The number of amides is 2. The predicted molar refractivity (Wildman–Crippen MR) is 91.2 cm³/mol. The minimum absolute atomic E-state index is 0.158. The summed E-state index contributed by atoms with van der Waals surface area (Å²) in [5.41, 5.74) is -0.904. The van der Waals surface area contributed by atoms with Crippen LogP contribution in [0.5, 0.6) is 0 Å². The molecule has 2 amide bonds. The first-order chi connectivity index (χ1) is 12.6. The number of likely N-dealkylation sites (tertiary alicyclic amines) is 1. The van der Waals surface area contributed by atoms with E-state index in [9.17, 15) is 14.7 Å². The van der Waals surface area contributed by atoms with Crippen LogP contribution in [-0.4, -0.2) is 57.1 Å². The number of carbonyl (C=O) groups is 2. The van der Waals surface area contributed by atoms with Crippen LogP contribution < -0.4 is 5.32 Å². The number of aromatic nitrogens is 2. The van der Waals surface area contributed by atoms with Crippen LogP contribution in [0.2, 0.25) is 0 Å². The maximum Gasteiger partial charge on any atom is 0.289 e. The van der Waals surface area contributed by atoms with Crippen LogP contribution in [0.1, 0.15) is 35.6 Å². The van der Waals surface area contributed by atoms with E-state index >= 15 is 0 Å². The van der Waals surface area contributed by atoms with Crippen molar-refractivity contribution in [3.8, 4) is 0 Å². The number of rotatable bonds is 3. The first-order valence-corrected chi connectivity index (χ1v) is 8.88. The van der Waals surface area contributed by atoms with Gasteiger partial charge >= 0.3 is 0 Å². The van der Waals surface area contributed by atoms with Crippen molar-refractivity contribution in [2.24, 2.45) is 5.41 Å². The number of hydrogen-bond acceptors (Lipinski definition) is 5. The van der Waals surface area contributed by atoms with Gasteiger partial charge in [-0.25, -0.2) is 4.98 Å². The first kappa shape index (κ1) is 16.8. The van der Waals surface area contributed by atoms with Gasteiger partial charge in [-0.05, 0) is 31.4 Å². The third kappa shape index (κ3) is 2.90. The van der Waals surface area contributed by atoms with Crippen LogP contribution in [-0.2, 0) is 11.3 Å². The lowest BCUT2D eigenvalue weighted by atomic mass is 9.71. The van der Waals surface area contributed by atoms with Crippen LogP contribution in [0.3, 0.4) is 0 Å². The average molecular weight is 358 g/mol. The molecule has 8 nitrogen and oxygen atoms in total. The largest absolute Gasteiger partial charge is 0.454 e. The Bertz CT molecular complexity index is 800. The molecule has 2 aromatic rings. The molecule has 138 valence electrons. The fraction of sp³-hybridized carbons (Fsp3) is 0.500. The predicted octanol–water partition coefficient (Wildman–Crippen LogP) is 0.628. The Morgan fingerprint density at radius 3 is 3.12 bits per heavy atom. The fourth-order valence-corrected chi connectivity index (χ4v) is 3.91. The molecule has 26 heavy (non-hydrogen) atoms. The Labute approximate surface area is 150 Å². The highest BCUT2D eigenvalue weighted by Crippen LogP contribution is 2.37. The van der Waals surface area contributed by atoms with Crippen LogP contribution >= 0.6 is 0 Å². The lowest BCUT2D eigenvalue weighted by Crippen LogP contribution is -2.62. The van der Waals surface area contributed by atoms with Gasteiger partial charge in [0.2, 0.25) is 5.91 Å². The summed E-state index contributed by atoms with van der Waals surface area (Å²) >= 11 is 0. The second-order valence-electron chi connectivity index (χ2n) is 7.05. The molecule has 0 aliphatic carbocycles. The van der Waals surface area contributed by atoms with Gasteiger partial charge in [-0.1, -0.05) is 0 Å². The number of piperidine rings is 2. The van der Waals surface area contributed by atoms with Gasteiger partial charge in [0.25, 0.3) is 5.91 Å². The summed E-state index contributed by atoms with van der Waals surface area (Å²) in [6, 6.07) is 3.43. The summed E-state index contributed by atoms with van der Waals surface area (Å²) in [5, 5.41) is 13.3. The molecule has 0 unspecified atom stereocenters. The van der Waals surface area contributed by atoms with Gasteiger partial charge in [0.05, 0.1) is 24.4 Å². The molecule has 2 aliphatic heterocycles. The Balaban J connectivity index is 1.49. The van der Waals surface area contributed by atoms with Crippen molar-refractivity contribution in [1.29, 1.82) is 0 Å². The molecule has 2 atom stereocenters. The lowest BCUT2D eigenvalue weighted by Gasteiger charge is -2.46. The van der Waals surface area contributed by atoms with Gasteiger partial charge in [0.1, 0.15) is 5.76 Å². The van der Waals surface area contributed by atoms with Gasteiger partial charge in [-0.15, -0.1) is 0 Å². The van der Waals surface area contributed by atoms with E-state index in [0.29, 0.717) is 38.2 Å². The molecule has 0 radical (unpaired) electrons. The number of imidazole rings is 1. The van der Waals surface area contributed by atoms with E-state index in [4.69, 9.17) is 4.42 Å². The summed E-state index contributed by atoms with van der Waals surface area (Å²) in [6.07, 6.45) is 6.25. The molecule has 4 rings (SSSR count). The van der Waals surface area contributed by atoms with Gasteiger partial charge in [0, 0.05) is 32.0 Å². The number of carbonyl (C=O) groups excluding carboxylic acids is 2. The molecule has 8 heteroatoms. The Morgan fingerprint density at radius 1 is 1.46 bits per heavy atom. The standard InChI is InChI=1S/C18H22N4O4/c23-15-4-8-22(11-18(15)5-1-6-20-17(18)25)16(24)14-3-2-13(26-14)10-21-9-7-19-12-21/h2-3,7,9,12,15,23H,1,4-6,8,10-11H2,(H,20,25)/t15-,18-/m1/s1. The van der Waals surface area contributed by atoms with E-state index in [0.717, 1.165) is 6.42 Å². The number of furan rings is 1. The zero-order valence-electron chi connectivity index (χ0n) is 14.4. The zero-order chi connectivity index (χ0) is 18.1. The highest BCUT2D eigenvalue weighted by Gasteiger charge is 2.50. The summed E-state index contributed by atoms with van der Waals surface area (Å²) in [7, 11) is 0. The Hall–Kier alpha value is -2.61. The molecule has 2 aliphatic rings. The van der Waals surface area contributed by atoms with Crippen LogP contribution in [0.15, 0.2) is 35.3 Å². The normalized spacial score (nSPS) is 26.1. The molecule has 0 aromatic carbocycles. The zero-order valence-corrected chi connectivity index (χ0v) is 14.4. The molecule has 2 saturated heterocycles. The average Bonchev–Trinajstić information content (AvgIpc) is 3.32. The third-order valence-corrected chi connectivity index (χ3v) is 5.38. The number of aliphatic hydroxyl groups excluding tert-OH is 1. The van der Waals surface area contributed by atoms with Crippen molar-refractivity contribution >= 4 is 11.8 Å². The summed E-state index contributed by atoms with van der Waals surface area (Å²) < 4.78 is 7.55. The molecular formula is C18H22N4O4. The summed E-state index contributed by atoms with van der Waals surface area (Å²) in [4.78, 5) is 30.9. The molecule has 4 heterocycles. The van der Waals surface area contributed by atoms with Crippen LogP contribution in [0.4, 0.5) is 0 Å². The van der Waals surface area contributed by atoms with Gasteiger partial charge in [-0.3, -0.25) is 9.59 Å². The number of nitrogens with zero attached hydrogens (tertiary/aromatic N) is 3. The van der Waals surface area contributed by atoms with E-state index in [1.165, 1.54) is 0 Å². The minimum atomic E-state index is -0.904. The van der Waals surface area contributed by atoms with E-state index < -0.39 is 11.5 Å². The second-order valence-corrected chi connectivity index (χ2v) is 7.05. The van der Waals surface area contributed by atoms with Crippen LogP contribution in [0, 0.1) is 5.41 Å². The van der Waals surface area contributed by atoms with Crippen molar-refractivity contribution in [2.45, 2.75) is 31.9 Å². The topological polar surface area (TPSA) is 101 Å². The molecule has 0 bridgehead atoms.